The normalized spacial score (nSPS) is 12.8. The molecule has 0 amide bonds. The Hall–Kier alpha value is -1.06. The first-order chi connectivity index (χ1) is 9.65. The maximum atomic E-state index is 6.31. The topological polar surface area (TPSA) is 26.0 Å². The van der Waals surface area contributed by atoms with E-state index in [1.807, 2.05) is 6.07 Å². The van der Waals surface area contributed by atoms with Gasteiger partial charge in [-0.2, -0.15) is 0 Å². The first kappa shape index (κ1) is 13.9. The number of thiophene rings is 1. The lowest BCUT2D eigenvalue weighted by Crippen LogP contribution is -2.13. The Morgan fingerprint density at radius 2 is 1.90 bits per heavy atom. The van der Waals surface area contributed by atoms with Gasteiger partial charge in [-0.25, -0.2) is 0 Å². The smallest absolute Gasteiger partial charge is 0.0454 e. The average Bonchev–Trinajstić information content (AvgIpc) is 2.85. The van der Waals surface area contributed by atoms with Gasteiger partial charge in [-0.15, -0.1) is 11.3 Å². The van der Waals surface area contributed by atoms with Crippen molar-refractivity contribution in [2.45, 2.75) is 12.5 Å². The molecule has 4 heteroatoms. The summed E-state index contributed by atoms with van der Waals surface area (Å²) in [7, 11) is 0. The van der Waals surface area contributed by atoms with Crippen molar-refractivity contribution >= 4 is 44.6 Å². The Labute approximate surface area is 131 Å². The predicted molar refractivity (Wildman–Crippen MR) is 88.9 cm³/mol. The Morgan fingerprint density at radius 3 is 2.75 bits per heavy atom. The van der Waals surface area contributed by atoms with Gasteiger partial charge in [-0.1, -0.05) is 41.4 Å². The number of hydrogen-bond acceptors (Lipinski definition) is 2. The van der Waals surface area contributed by atoms with Crippen molar-refractivity contribution in [1.29, 1.82) is 0 Å². The monoisotopic (exact) mass is 321 g/mol. The van der Waals surface area contributed by atoms with E-state index in [2.05, 4.69) is 29.6 Å². The van der Waals surface area contributed by atoms with Crippen LogP contribution in [0.3, 0.4) is 0 Å². The van der Waals surface area contributed by atoms with Gasteiger partial charge < -0.3 is 5.73 Å². The molecule has 1 aromatic heterocycles. The first-order valence-corrected chi connectivity index (χ1v) is 7.94. The van der Waals surface area contributed by atoms with Crippen molar-refractivity contribution in [1.82, 2.24) is 0 Å². The van der Waals surface area contributed by atoms with Crippen molar-refractivity contribution in [2.75, 3.05) is 0 Å². The van der Waals surface area contributed by atoms with Crippen molar-refractivity contribution in [3.05, 3.63) is 69.0 Å². The molecule has 0 aliphatic carbocycles. The Morgan fingerprint density at radius 1 is 1.10 bits per heavy atom. The number of benzene rings is 2. The van der Waals surface area contributed by atoms with E-state index < -0.39 is 0 Å². The molecule has 0 aliphatic rings. The molecule has 20 heavy (non-hydrogen) atoms. The summed E-state index contributed by atoms with van der Waals surface area (Å²) in [6.45, 7) is 0. The second-order valence-corrected chi connectivity index (χ2v) is 6.49. The number of halogens is 2. The highest BCUT2D eigenvalue weighted by Gasteiger charge is 2.14. The van der Waals surface area contributed by atoms with Crippen LogP contribution in [0.1, 0.15) is 17.2 Å². The second-order valence-electron chi connectivity index (χ2n) is 4.73. The molecule has 1 atom stereocenters. The average molecular weight is 322 g/mol. The number of fused-ring (bicyclic) bond motifs is 1. The fourth-order valence-electron chi connectivity index (χ4n) is 2.34. The lowest BCUT2D eigenvalue weighted by atomic mass is 9.99. The molecule has 2 N–H and O–H groups in total. The van der Waals surface area contributed by atoms with Gasteiger partial charge >= 0.3 is 0 Å². The molecule has 0 saturated carbocycles. The van der Waals surface area contributed by atoms with Gasteiger partial charge in [-0.3, -0.25) is 0 Å². The molecule has 0 radical (unpaired) electrons. The predicted octanol–water partition coefficient (Wildman–Crippen LogP) is 5.45. The van der Waals surface area contributed by atoms with Gasteiger partial charge in [-0.05, 0) is 52.6 Å². The van der Waals surface area contributed by atoms with E-state index in [4.69, 9.17) is 28.9 Å². The number of nitrogens with two attached hydrogens (primary N) is 1. The molecule has 102 valence electrons. The van der Waals surface area contributed by atoms with Gasteiger partial charge in [0.05, 0.1) is 0 Å². The Kier molecular flexibility index (Phi) is 3.99. The number of rotatable bonds is 3. The summed E-state index contributed by atoms with van der Waals surface area (Å²) in [5.41, 5.74) is 8.46. The third-order valence-electron chi connectivity index (χ3n) is 3.36. The van der Waals surface area contributed by atoms with E-state index in [0.717, 1.165) is 12.0 Å². The van der Waals surface area contributed by atoms with Crippen LogP contribution in [0.15, 0.2) is 47.8 Å². The fraction of sp³-hybridized carbons (Fsp3) is 0.125. The molecule has 0 bridgehead atoms. The minimum Gasteiger partial charge on any atom is -0.324 e. The summed E-state index contributed by atoms with van der Waals surface area (Å²) in [6, 6.07) is 13.6. The zero-order valence-electron chi connectivity index (χ0n) is 10.6. The molecule has 1 unspecified atom stereocenters. The summed E-state index contributed by atoms with van der Waals surface area (Å²) in [4.78, 5) is 0. The van der Waals surface area contributed by atoms with E-state index in [1.54, 1.807) is 23.5 Å². The Balaban J connectivity index is 1.92. The van der Waals surface area contributed by atoms with E-state index >= 15 is 0 Å². The molecule has 2 aromatic carbocycles. The lowest BCUT2D eigenvalue weighted by Gasteiger charge is -2.14. The molecule has 0 fully saturated rings. The Bertz CT molecular complexity index is 751. The number of hydrogen-bond donors (Lipinski definition) is 1. The van der Waals surface area contributed by atoms with Crippen LogP contribution in [-0.2, 0) is 6.42 Å². The van der Waals surface area contributed by atoms with Crippen LogP contribution in [0.4, 0.5) is 0 Å². The molecule has 0 saturated heterocycles. The summed E-state index contributed by atoms with van der Waals surface area (Å²) >= 11 is 14.0. The first-order valence-electron chi connectivity index (χ1n) is 6.31. The van der Waals surface area contributed by atoms with Crippen molar-refractivity contribution in [3.8, 4) is 0 Å². The van der Waals surface area contributed by atoms with Crippen LogP contribution < -0.4 is 5.73 Å². The lowest BCUT2D eigenvalue weighted by molar-refractivity contribution is 0.727. The van der Waals surface area contributed by atoms with Crippen molar-refractivity contribution < 1.29 is 0 Å². The maximum absolute atomic E-state index is 6.31. The quantitative estimate of drug-likeness (QED) is 0.681. The molecule has 0 spiro atoms. The van der Waals surface area contributed by atoms with Crippen LogP contribution >= 0.6 is 34.5 Å². The van der Waals surface area contributed by atoms with Gasteiger partial charge in [0.15, 0.2) is 0 Å². The van der Waals surface area contributed by atoms with Crippen LogP contribution in [-0.4, -0.2) is 0 Å². The highest BCUT2D eigenvalue weighted by molar-refractivity contribution is 7.17. The summed E-state index contributed by atoms with van der Waals surface area (Å²) in [5, 5.41) is 4.77. The maximum Gasteiger partial charge on any atom is 0.0454 e. The van der Waals surface area contributed by atoms with Crippen LogP contribution in [0.2, 0.25) is 10.0 Å². The van der Waals surface area contributed by atoms with Crippen molar-refractivity contribution in [2.24, 2.45) is 5.73 Å². The van der Waals surface area contributed by atoms with E-state index in [0.29, 0.717) is 10.0 Å². The molecular weight excluding hydrogens is 309 g/mol. The fourth-order valence-corrected chi connectivity index (χ4v) is 3.75. The molecule has 1 heterocycles. The zero-order valence-corrected chi connectivity index (χ0v) is 13.0. The van der Waals surface area contributed by atoms with Gasteiger partial charge in [0.2, 0.25) is 0 Å². The highest BCUT2D eigenvalue weighted by Crippen LogP contribution is 2.31. The van der Waals surface area contributed by atoms with Gasteiger partial charge in [0.25, 0.3) is 0 Å². The highest BCUT2D eigenvalue weighted by atomic mass is 35.5. The minimum absolute atomic E-state index is 0.154. The largest absolute Gasteiger partial charge is 0.324 e. The van der Waals surface area contributed by atoms with Gasteiger partial charge in [0.1, 0.15) is 0 Å². The third-order valence-corrected chi connectivity index (χ3v) is 4.95. The van der Waals surface area contributed by atoms with Gasteiger partial charge in [0, 0.05) is 20.8 Å². The summed E-state index contributed by atoms with van der Waals surface area (Å²) in [6.07, 6.45) is 0.754. The second kappa shape index (κ2) is 5.74. The molecule has 1 nitrogen and oxygen atoms in total. The minimum atomic E-state index is -0.154. The third kappa shape index (κ3) is 2.70. The zero-order chi connectivity index (χ0) is 14.1. The molecule has 3 rings (SSSR count). The standard InChI is InChI=1S/C16H13Cl2NS/c17-11-5-6-14(18)13(8-11)15(19)7-10-9-20-16-4-2-1-3-12(10)16/h1-6,8-9,15H,7,19H2. The van der Waals surface area contributed by atoms with Crippen LogP contribution in [0.5, 0.6) is 0 Å². The van der Waals surface area contributed by atoms with E-state index in [1.165, 1.54) is 15.6 Å². The summed E-state index contributed by atoms with van der Waals surface area (Å²) < 4.78 is 1.28. The van der Waals surface area contributed by atoms with Crippen molar-refractivity contribution in [3.63, 3.8) is 0 Å². The van der Waals surface area contributed by atoms with Crippen LogP contribution in [0, 0.1) is 0 Å². The van der Waals surface area contributed by atoms with E-state index in [9.17, 15) is 0 Å². The van der Waals surface area contributed by atoms with E-state index in [-0.39, 0.29) is 6.04 Å². The van der Waals surface area contributed by atoms with Crippen LogP contribution in [0.25, 0.3) is 10.1 Å². The SMILES string of the molecule is NC(Cc1csc2ccccc12)c1cc(Cl)ccc1Cl. The molecule has 3 aromatic rings. The molecular formula is C16H13Cl2NS. The summed E-state index contributed by atoms with van der Waals surface area (Å²) in [5.74, 6) is 0. The molecule has 0 aliphatic heterocycles.